The van der Waals surface area contributed by atoms with Crippen molar-refractivity contribution in [3.8, 4) is 11.5 Å². The highest BCUT2D eigenvalue weighted by molar-refractivity contribution is 7.22. The Morgan fingerprint density at radius 2 is 1.76 bits per heavy atom. The first-order valence-electron chi connectivity index (χ1n) is 11.7. The number of hydrogen-bond donors (Lipinski definition) is 1. The molecule has 1 aromatic heterocycles. The number of carbonyl (C=O) groups is 2. The Bertz CT molecular complexity index is 1630. The maximum atomic E-state index is 13.5. The number of ether oxygens (including phenoxy) is 2. The van der Waals surface area contributed by atoms with E-state index < -0.39 is 17.7 Å². The first-order chi connectivity index (χ1) is 17.8. The van der Waals surface area contributed by atoms with Gasteiger partial charge in [-0.3, -0.25) is 14.5 Å². The molecule has 1 atom stereocenters. The predicted molar refractivity (Wildman–Crippen MR) is 143 cm³/mol. The standard InChI is InChI=1S/C28H21ClN2O5S/c1-14-11-15(2)23-21(12-14)37-28(30-23)31-24(16-3-6-18(29)7-4-16)22(26(33)27(31)34)25(32)17-5-8-19-20(13-17)36-10-9-35-19/h3-8,11-13,24,32H,9-10H2,1-2H3/t24-/m0/s1. The molecule has 2 aliphatic heterocycles. The summed E-state index contributed by atoms with van der Waals surface area (Å²) in [5.74, 6) is -0.833. The van der Waals surface area contributed by atoms with Crippen molar-refractivity contribution in [1.82, 2.24) is 4.98 Å². The number of aryl methyl sites for hydroxylation is 2. The van der Waals surface area contributed by atoms with Gasteiger partial charge in [-0.1, -0.05) is 41.1 Å². The van der Waals surface area contributed by atoms with E-state index in [9.17, 15) is 14.7 Å². The Hall–Kier alpha value is -3.88. The average Bonchev–Trinajstić information content (AvgIpc) is 3.42. The number of Topliss-reactive ketones (excluding diaryl/α,β-unsaturated/α-hetero) is 1. The molecular formula is C28H21ClN2O5S. The molecule has 0 unspecified atom stereocenters. The minimum absolute atomic E-state index is 0.0313. The Labute approximate surface area is 221 Å². The van der Waals surface area contributed by atoms with Gasteiger partial charge in [0.25, 0.3) is 5.78 Å². The van der Waals surface area contributed by atoms with Crippen LogP contribution in [0.25, 0.3) is 16.0 Å². The number of amides is 1. The molecule has 0 bridgehead atoms. The summed E-state index contributed by atoms with van der Waals surface area (Å²) >= 11 is 7.47. The first-order valence-corrected chi connectivity index (χ1v) is 12.9. The molecular weight excluding hydrogens is 512 g/mol. The predicted octanol–water partition coefficient (Wildman–Crippen LogP) is 5.96. The van der Waals surface area contributed by atoms with E-state index in [1.165, 1.54) is 16.2 Å². The molecule has 7 nitrogen and oxygen atoms in total. The van der Waals surface area contributed by atoms with Crippen LogP contribution in [0, 0.1) is 13.8 Å². The number of benzene rings is 3. The number of hydrogen-bond acceptors (Lipinski definition) is 7. The number of thiazole rings is 1. The van der Waals surface area contributed by atoms with Crippen molar-refractivity contribution in [1.29, 1.82) is 0 Å². The summed E-state index contributed by atoms with van der Waals surface area (Å²) in [6.07, 6.45) is 0. The zero-order chi connectivity index (χ0) is 25.8. The Balaban J connectivity index is 1.55. The summed E-state index contributed by atoms with van der Waals surface area (Å²) < 4.78 is 12.1. The van der Waals surface area contributed by atoms with E-state index in [1.807, 2.05) is 26.0 Å². The van der Waals surface area contributed by atoms with Crippen LogP contribution in [0.15, 0.2) is 60.2 Å². The van der Waals surface area contributed by atoms with E-state index in [1.54, 1.807) is 42.5 Å². The SMILES string of the molecule is Cc1cc(C)c2nc(N3C(=O)C(=O)C(=C(O)c4ccc5c(c4)OCCO5)[C@@H]3c3ccc(Cl)cc3)sc2c1. The van der Waals surface area contributed by atoms with Crippen LogP contribution >= 0.6 is 22.9 Å². The minimum Gasteiger partial charge on any atom is -0.507 e. The Morgan fingerprint density at radius 3 is 2.51 bits per heavy atom. The lowest BCUT2D eigenvalue weighted by Gasteiger charge is -2.23. The van der Waals surface area contributed by atoms with Crippen LogP contribution in [0.4, 0.5) is 5.13 Å². The molecule has 0 spiro atoms. The van der Waals surface area contributed by atoms with Crippen molar-refractivity contribution in [3.63, 3.8) is 0 Å². The van der Waals surface area contributed by atoms with Gasteiger partial charge in [0.15, 0.2) is 16.6 Å². The summed E-state index contributed by atoms with van der Waals surface area (Å²) in [5, 5.41) is 12.3. The van der Waals surface area contributed by atoms with Gasteiger partial charge < -0.3 is 14.6 Å². The first kappa shape index (κ1) is 23.5. The summed E-state index contributed by atoms with van der Waals surface area (Å²) in [6, 6.07) is 14.9. The van der Waals surface area contributed by atoms with Crippen molar-refractivity contribution in [3.05, 3.63) is 87.4 Å². The van der Waals surface area contributed by atoms with Gasteiger partial charge in [0.2, 0.25) is 0 Å². The number of aromatic nitrogens is 1. The zero-order valence-corrected chi connectivity index (χ0v) is 21.5. The van der Waals surface area contributed by atoms with Crippen molar-refractivity contribution in [2.24, 2.45) is 0 Å². The average molecular weight is 533 g/mol. The fraction of sp³-hybridized carbons (Fsp3) is 0.179. The van der Waals surface area contributed by atoms with Crippen molar-refractivity contribution >= 4 is 55.7 Å². The maximum Gasteiger partial charge on any atom is 0.301 e. The van der Waals surface area contributed by atoms with E-state index in [-0.39, 0.29) is 11.3 Å². The number of rotatable bonds is 3. The number of halogens is 1. The van der Waals surface area contributed by atoms with Crippen LogP contribution in [-0.2, 0) is 9.59 Å². The Kier molecular flexibility index (Phi) is 5.66. The lowest BCUT2D eigenvalue weighted by atomic mass is 9.95. The topological polar surface area (TPSA) is 89.0 Å². The van der Waals surface area contributed by atoms with Crippen molar-refractivity contribution in [2.75, 3.05) is 18.1 Å². The molecule has 0 radical (unpaired) electrons. The summed E-state index contributed by atoms with van der Waals surface area (Å²) in [6.45, 7) is 4.77. The smallest absolute Gasteiger partial charge is 0.301 e. The van der Waals surface area contributed by atoms with Gasteiger partial charge in [-0.15, -0.1) is 0 Å². The molecule has 0 aliphatic carbocycles. The minimum atomic E-state index is -0.896. The molecule has 9 heteroatoms. The zero-order valence-electron chi connectivity index (χ0n) is 19.9. The molecule has 4 aromatic rings. The quantitative estimate of drug-likeness (QED) is 0.199. The fourth-order valence-electron chi connectivity index (χ4n) is 4.80. The number of aliphatic hydroxyl groups is 1. The maximum absolute atomic E-state index is 13.5. The normalized spacial score (nSPS) is 18.6. The lowest BCUT2D eigenvalue weighted by Crippen LogP contribution is -2.29. The van der Waals surface area contributed by atoms with E-state index in [0.29, 0.717) is 46.0 Å². The van der Waals surface area contributed by atoms with Gasteiger partial charge in [0, 0.05) is 10.6 Å². The van der Waals surface area contributed by atoms with Crippen LogP contribution in [0.1, 0.15) is 28.3 Å². The van der Waals surface area contributed by atoms with E-state index >= 15 is 0 Å². The largest absolute Gasteiger partial charge is 0.507 e. The molecule has 2 aliphatic rings. The van der Waals surface area contributed by atoms with Gasteiger partial charge in [-0.2, -0.15) is 0 Å². The number of aliphatic hydroxyl groups excluding tert-OH is 1. The number of carbonyl (C=O) groups excluding carboxylic acids is 2. The van der Waals surface area contributed by atoms with Crippen LogP contribution in [0.5, 0.6) is 11.5 Å². The second-order valence-corrected chi connectivity index (χ2v) is 10.4. The van der Waals surface area contributed by atoms with E-state index in [4.69, 9.17) is 26.1 Å². The molecule has 3 aromatic carbocycles. The number of fused-ring (bicyclic) bond motifs is 2. The highest BCUT2D eigenvalue weighted by atomic mass is 35.5. The third-order valence-corrected chi connectivity index (χ3v) is 7.72. The molecule has 1 saturated heterocycles. The monoisotopic (exact) mass is 532 g/mol. The summed E-state index contributed by atoms with van der Waals surface area (Å²) in [5.41, 5.74) is 3.76. The molecule has 3 heterocycles. The highest BCUT2D eigenvalue weighted by Crippen LogP contribution is 2.45. The van der Waals surface area contributed by atoms with Gasteiger partial charge in [-0.25, -0.2) is 4.98 Å². The second-order valence-electron chi connectivity index (χ2n) is 9.00. The summed E-state index contributed by atoms with van der Waals surface area (Å²) in [4.78, 5) is 33.1. The Morgan fingerprint density at radius 1 is 1.03 bits per heavy atom. The number of nitrogens with zero attached hydrogens (tertiary/aromatic N) is 2. The van der Waals surface area contributed by atoms with Gasteiger partial charge >= 0.3 is 5.91 Å². The number of anilines is 1. The lowest BCUT2D eigenvalue weighted by molar-refractivity contribution is -0.132. The highest BCUT2D eigenvalue weighted by Gasteiger charge is 2.48. The van der Waals surface area contributed by atoms with Crippen LogP contribution in [-0.4, -0.2) is 35.0 Å². The number of ketones is 1. The molecule has 6 rings (SSSR count). The molecule has 1 N–H and O–H groups in total. The second kappa shape index (κ2) is 8.90. The third kappa shape index (κ3) is 3.93. The molecule has 37 heavy (non-hydrogen) atoms. The summed E-state index contributed by atoms with van der Waals surface area (Å²) in [7, 11) is 0. The van der Waals surface area contributed by atoms with Gasteiger partial charge in [0.05, 0.1) is 21.8 Å². The van der Waals surface area contributed by atoms with Gasteiger partial charge in [-0.05, 0) is 66.9 Å². The molecule has 186 valence electrons. The van der Waals surface area contributed by atoms with Crippen molar-refractivity contribution < 1.29 is 24.2 Å². The van der Waals surface area contributed by atoms with E-state index in [2.05, 4.69) is 0 Å². The fourth-order valence-corrected chi connectivity index (χ4v) is 6.09. The van der Waals surface area contributed by atoms with Crippen LogP contribution in [0.3, 0.4) is 0 Å². The van der Waals surface area contributed by atoms with Crippen molar-refractivity contribution in [2.45, 2.75) is 19.9 Å². The molecule has 1 amide bonds. The molecule has 0 saturated carbocycles. The third-order valence-electron chi connectivity index (χ3n) is 6.47. The van der Waals surface area contributed by atoms with Gasteiger partial charge in [0.1, 0.15) is 19.0 Å². The van der Waals surface area contributed by atoms with Crippen LogP contribution < -0.4 is 14.4 Å². The van der Waals surface area contributed by atoms with Crippen LogP contribution in [0.2, 0.25) is 5.02 Å². The molecule has 1 fully saturated rings. The van der Waals surface area contributed by atoms with E-state index in [0.717, 1.165) is 21.3 Å².